The van der Waals surface area contributed by atoms with Crippen LogP contribution in [0.3, 0.4) is 0 Å². The van der Waals surface area contributed by atoms with Gasteiger partial charge in [-0.05, 0) is 56.0 Å². The molecule has 2 aromatic carbocycles. The smallest absolute Gasteiger partial charge is 0.416 e. The standard InChI is InChI=1S/C28H35F3N4O5/c1-27(2,3)40-26(39)33(4)14-15-34(18-20-8-5-6-10-22(20)28(29,30)31)24(36)16-32-23-11-7-9-19-17-35(25(37)38)13-12-21(19)23/h5-11,32H,12-18H2,1-4H3,(H,37,38). The molecule has 1 heterocycles. The first-order chi connectivity index (χ1) is 18.7. The van der Waals surface area contributed by atoms with Gasteiger partial charge < -0.3 is 29.9 Å². The number of benzene rings is 2. The van der Waals surface area contributed by atoms with Crippen molar-refractivity contribution in [1.82, 2.24) is 14.7 Å². The molecule has 0 unspecified atom stereocenters. The minimum atomic E-state index is -4.59. The monoisotopic (exact) mass is 564 g/mol. The average Bonchev–Trinajstić information content (AvgIpc) is 2.87. The Balaban J connectivity index is 1.77. The second-order valence-corrected chi connectivity index (χ2v) is 10.6. The fraction of sp³-hybridized carbons (Fsp3) is 0.464. The summed E-state index contributed by atoms with van der Waals surface area (Å²) < 4.78 is 46.3. The summed E-state index contributed by atoms with van der Waals surface area (Å²) in [6.45, 7) is 5.20. The van der Waals surface area contributed by atoms with Crippen LogP contribution in [0.15, 0.2) is 42.5 Å². The second kappa shape index (κ2) is 12.5. The Morgan fingerprint density at radius 1 is 1.05 bits per heavy atom. The molecule has 0 atom stereocenters. The van der Waals surface area contributed by atoms with Crippen molar-refractivity contribution in [2.75, 3.05) is 38.5 Å². The van der Waals surface area contributed by atoms with Crippen LogP contribution in [0.2, 0.25) is 0 Å². The summed E-state index contributed by atoms with van der Waals surface area (Å²) >= 11 is 0. The maximum atomic E-state index is 13.7. The first-order valence-electron chi connectivity index (χ1n) is 12.8. The van der Waals surface area contributed by atoms with Crippen molar-refractivity contribution in [2.24, 2.45) is 0 Å². The first-order valence-corrected chi connectivity index (χ1v) is 12.8. The summed E-state index contributed by atoms with van der Waals surface area (Å²) in [5, 5.41) is 12.4. The zero-order valence-electron chi connectivity index (χ0n) is 23.0. The molecule has 0 fully saturated rings. The average molecular weight is 565 g/mol. The van der Waals surface area contributed by atoms with Gasteiger partial charge in [-0.2, -0.15) is 13.2 Å². The van der Waals surface area contributed by atoms with Crippen LogP contribution in [0, 0.1) is 0 Å². The zero-order valence-corrected chi connectivity index (χ0v) is 23.0. The van der Waals surface area contributed by atoms with Gasteiger partial charge in [0, 0.05) is 45.5 Å². The zero-order chi connectivity index (χ0) is 29.7. The Hall–Kier alpha value is -3.96. The summed E-state index contributed by atoms with van der Waals surface area (Å²) in [5.74, 6) is -0.463. The molecule has 0 saturated heterocycles. The first kappa shape index (κ1) is 30.6. The molecule has 40 heavy (non-hydrogen) atoms. The number of hydrogen-bond donors (Lipinski definition) is 2. The number of carbonyl (C=O) groups excluding carboxylic acids is 2. The van der Waals surface area contributed by atoms with Gasteiger partial charge in [-0.1, -0.05) is 30.3 Å². The summed E-state index contributed by atoms with van der Waals surface area (Å²) in [6.07, 6.45) is -5.75. The van der Waals surface area contributed by atoms with E-state index in [1.165, 1.54) is 39.9 Å². The predicted octanol–water partition coefficient (Wildman–Crippen LogP) is 5.05. The van der Waals surface area contributed by atoms with E-state index in [0.717, 1.165) is 17.2 Å². The van der Waals surface area contributed by atoms with Gasteiger partial charge in [0.05, 0.1) is 12.1 Å². The quantitative estimate of drug-likeness (QED) is 0.465. The largest absolute Gasteiger partial charge is 0.465 e. The number of ether oxygens (including phenoxy) is 1. The fourth-order valence-electron chi connectivity index (χ4n) is 4.36. The third-order valence-electron chi connectivity index (χ3n) is 6.41. The number of rotatable bonds is 8. The number of fused-ring (bicyclic) bond motifs is 1. The summed E-state index contributed by atoms with van der Waals surface area (Å²) in [7, 11) is 1.50. The normalized spacial score (nSPS) is 13.3. The van der Waals surface area contributed by atoms with E-state index >= 15 is 0 Å². The molecular weight excluding hydrogens is 529 g/mol. The van der Waals surface area contributed by atoms with Gasteiger partial charge >= 0.3 is 18.4 Å². The molecule has 0 saturated carbocycles. The number of anilines is 1. The SMILES string of the molecule is CN(CCN(Cc1ccccc1C(F)(F)F)C(=O)CNc1cccc2c1CCN(C(=O)O)C2)C(=O)OC(C)(C)C. The number of hydrogen-bond acceptors (Lipinski definition) is 5. The molecule has 2 aromatic rings. The van der Waals surface area contributed by atoms with Gasteiger partial charge in [0.15, 0.2) is 0 Å². The van der Waals surface area contributed by atoms with Crippen LogP contribution in [-0.2, 0) is 35.2 Å². The number of carbonyl (C=O) groups is 3. The number of nitrogens with zero attached hydrogens (tertiary/aromatic N) is 3. The molecule has 0 spiro atoms. The molecule has 1 aliphatic heterocycles. The maximum absolute atomic E-state index is 13.7. The lowest BCUT2D eigenvalue weighted by molar-refractivity contribution is -0.139. The van der Waals surface area contributed by atoms with E-state index in [2.05, 4.69) is 5.32 Å². The molecule has 1 aliphatic rings. The highest BCUT2D eigenvalue weighted by atomic mass is 19.4. The minimum absolute atomic E-state index is 0.0249. The Kier molecular flexibility index (Phi) is 9.54. The van der Waals surface area contributed by atoms with E-state index < -0.39 is 35.4 Å². The van der Waals surface area contributed by atoms with Crippen molar-refractivity contribution >= 4 is 23.8 Å². The van der Waals surface area contributed by atoms with Crippen molar-refractivity contribution in [3.05, 3.63) is 64.7 Å². The summed E-state index contributed by atoms with van der Waals surface area (Å²) in [5.41, 5.74) is 0.757. The van der Waals surface area contributed by atoms with Crippen molar-refractivity contribution in [1.29, 1.82) is 0 Å². The minimum Gasteiger partial charge on any atom is -0.465 e. The van der Waals surface area contributed by atoms with Crippen LogP contribution >= 0.6 is 0 Å². The highest BCUT2D eigenvalue weighted by Crippen LogP contribution is 2.32. The van der Waals surface area contributed by atoms with Crippen LogP contribution in [0.5, 0.6) is 0 Å². The summed E-state index contributed by atoms with van der Waals surface area (Å²) in [6, 6.07) is 10.4. The van der Waals surface area contributed by atoms with E-state index in [4.69, 9.17) is 4.74 Å². The highest BCUT2D eigenvalue weighted by molar-refractivity contribution is 5.81. The number of alkyl halides is 3. The maximum Gasteiger partial charge on any atom is 0.416 e. The van der Waals surface area contributed by atoms with Crippen molar-refractivity contribution in [3.8, 4) is 0 Å². The Labute approximate surface area is 231 Å². The number of nitrogens with one attached hydrogen (secondary N) is 1. The van der Waals surface area contributed by atoms with Crippen molar-refractivity contribution in [2.45, 2.75) is 52.1 Å². The highest BCUT2D eigenvalue weighted by Gasteiger charge is 2.34. The Bertz CT molecular complexity index is 1230. The molecule has 3 rings (SSSR count). The van der Waals surface area contributed by atoms with Crippen molar-refractivity contribution in [3.63, 3.8) is 0 Å². The summed E-state index contributed by atoms with van der Waals surface area (Å²) in [4.78, 5) is 41.0. The Morgan fingerprint density at radius 2 is 1.75 bits per heavy atom. The van der Waals surface area contributed by atoms with Crippen LogP contribution in [-0.4, -0.2) is 76.7 Å². The van der Waals surface area contributed by atoms with Gasteiger partial charge in [-0.3, -0.25) is 4.79 Å². The van der Waals surface area contributed by atoms with E-state index in [0.29, 0.717) is 18.7 Å². The number of carboxylic acid groups (broad SMARTS) is 1. The van der Waals surface area contributed by atoms with Crippen LogP contribution < -0.4 is 5.32 Å². The lowest BCUT2D eigenvalue weighted by Crippen LogP contribution is -2.43. The van der Waals surface area contributed by atoms with Crippen LogP contribution in [0.1, 0.15) is 43.0 Å². The third-order valence-corrected chi connectivity index (χ3v) is 6.41. The molecule has 9 nitrogen and oxygen atoms in total. The molecule has 0 aliphatic carbocycles. The van der Waals surface area contributed by atoms with Gasteiger partial charge in [0.25, 0.3) is 0 Å². The number of likely N-dealkylation sites (N-methyl/N-ethyl adjacent to an activating group) is 1. The van der Waals surface area contributed by atoms with Gasteiger partial charge in [-0.25, -0.2) is 9.59 Å². The van der Waals surface area contributed by atoms with E-state index in [9.17, 15) is 32.7 Å². The van der Waals surface area contributed by atoms with E-state index in [-0.39, 0.29) is 38.3 Å². The number of halogens is 3. The molecule has 12 heteroatoms. The van der Waals surface area contributed by atoms with Crippen molar-refractivity contribution < 1.29 is 37.4 Å². The third kappa shape index (κ3) is 8.27. The van der Waals surface area contributed by atoms with Crippen LogP contribution in [0.4, 0.5) is 28.4 Å². The molecule has 3 amide bonds. The molecule has 0 bridgehead atoms. The number of amides is 3. The topological polar surface area (TPSA) is 102 Å². The molecule has 218 valence electrons. The van der Waals surface area contributed by atoms with Crippen LogP contribution in [0.25, 0.3) is 0 Å². The molecular formula is C28H35F3N4O5. The van der Waals surface area contributed by atoms with Gasteiger partial charge in [-0.15, -0.1) is 0 Å². The van der Waals surface area contributed by atoms with Gasteiger partial charge in [0.1, 0.15) is 5.60 Å². The lowest BCUT2D eigenvalue weighted by Gasteiger charge is -2.30. The van der Waals surface area contributed by atoms with E-state index in [1.54, 1.807) is 32.9 Å². The Morgan fingerprint density at radius 3 is 2.40 bits per heavy atom. The van der Waals surface area contributed by atoms with Gasteiger partial charge in [0.2, 0.25) is 5.91 Å². The van der Waals surface area contributed by atoms with E-state index in [1.807, 2.05) is 6.07 Å². The molecule has 0 aromatic heterocycles. The fourth-order valence-corrected chi connectivity index (χ4v) is 4.36. The lowest BCUT2D eigenvalue weighted by atomic mass is 9.98. The molecule has 0 radical (unpaired) electrons. The predicted molar refractivity (Wildman–Crippen MR) is 143 cm³/mol. The molecule has 2 N–H and O–H groups in total. The second-order valence-electron chi connectivity index (χ2n) is 10.6.